The molecular weight excluding hydrogens is 455 g/mol. The summed E-state index contributed by atoms with van der Waals surface area (Å²) in [5, 5.41) is 0. The summed E-state index contributed by atoms with van der Waals surface area (Å²) in [4.78, 5) is 17.2. The van der Waals surface area contributed by atoms with E-state index < -0.39 is 11.7 Å². The average molecular weight is 488 g/mol. The molecule has 1 fully saturated rings. The van der Waals surface area contributed by atoms with E-state index in [4.69, 9.17) is 4.74 Å². The maximum absolute atomic E-state index is 13.1. The number of benzene rings is 1. The Hall–Kier alpha value is -2.91. The van der Waals surface area contributed by atoms with E-state index >= 15 is 0 Å². The van der Waals surface area contributed by atoms with Gasteiger partial charge in [0.05, 0.1) is 17.9 Å². The summed E-state index contributed by atoms with van der Waals surface area (Å²) in [6, 6.07) is 8.95. The fraction of sp³-hybridized carbons (Fsp3) is 0.462. The zero-order valence-electron chi connectivity index (χ0n) is 20.5. The van der Waals surface area contributed by atoms with Crippen LogP contribution < -0.4 is 4.74 Å². The van der Waals surface area contributed by atoms with Crippen LogP contribution in [-0.2, 0) is 6.18 Å². The van der Waals surface area contributed by atoms with Gasteiger partial charge in [-0.2, -0.15) is 13.2 Å². The summed E-state index contributed by atoms with van der Waals surface area (Å²) in [7, 11) is 2.16. The van der Waals surface area contributed by atoms with Crippen molar-refractivity contribution in [2.24, 2.45) is 0 Å². The molecule has 3 aromatic rings. The number of unbranched alkanes of at least 4 members (excludes halogenated alkanes) is 1. The first-order valence-electron chi connectivity index (χ1n) is 12.0. The maximum atomic E-state index is 13.1. The molecule has 0 amide bonds. The molecular formula is C26H32F3N5O. The van der Waals surface area contributed by atoms with Gasteiger partial charge in [-0.3, -0.25) is 0 Å². The number of pyridine rings is 1. The second-order valence-corrected chi connectivity index (χ2v) is 9.16. The Morgan fingerprint density at radius 1 is 1.00 bits per heavy atom. The summed E-state index contributed by atoms with van der Waals surface area (Å²) in [6.07, 6.45) is -2.39. The van der Waals surface area contributed by atoms with Crippen LogP contribution in [0.3, 0.4) is 0 Å². The number of nitrogens with zero attached hydrogens (tertiary/aromatic N) is 4. The predicted octanol–water partition coefficient (Wildman–Crippen LogP) is 5.18. The van der Waals surface area contributed by atoms with Crippen molar-refractivity contribution in [2.75, 3.05) is 46.4 Å². The van der Waals surface area contributed by atoms with Crippen LogP contribution in [0.4, 0.5) is 13.2 Å². The maximum Gasteiger partial charge on any atom is 0.416 e. The van der Waals surface area contributed by atoms with Gasteiger partial charge in [-0.15, -0.1) is 0 Å². The van der Waals surface area contributed by atoms with Gasteiger partial charge in [-0.05, 0) is 58.5 Å². The molecule has 0 radical (unpaired) electrons. The van der Waals surface area contributed by atoms with E-state index in [0.717, 1.165) is 63.3 Å². The van der Waals surface area contributed by atoms with Crippen molar-refractivity contribution in [2.45, 2.75) is 32.9 Å². The minimum Gasteiger partial charge on any atom is -0.477 e. The number of imidazole rings is 1. The molecule has 1 aromatic carbocycles. The SMILES string of the molecule is Cc1ccc(-c2nc(-c3cccc(C(F)(F)F)c3)c(C)[nH]2)nc1OCCCCN1CCN(C)CC1. The average Bonchev–Trinajstić information content (AvgIpc) is 3.22. The second-order valence-electron chi connectivity index (χ2n) is 9.16. The van der Waals surface area contributed by atoms with Crippen molar-refractivity contribution >= 4 is 0 Å². The molecule has 1 saturated heterocycles. The lowest BCUT2D eigenvalue weighted by Crippen LogP contribution is -2.44. The van der Waals surface area contributed by atoms with Crippen LogP contribution in [0.5, 0.6) is 5.88 Å². The number of alkyl halides is 3. The van der Waals surface area contributed by atoms with Crippen molar-refractivity contribution in [1.29, 1.82) is 0 Å². The molecule has 0 atom stereocenters. The van der Waals surface area contributed by atoms with Crippen LogP contribution in [0.1, 0.15) is 29.7 Å². The van der Waals surface area contributed by atoms with Gasteiger partial charge in [0.2, 0.25) is 5.88 Å². The molecule has 0 aliphatic carbocycles. The number of ether oxygens (including phenoxy) is 1. The van der Waals surface area contributed by atoms with Crippen LogP contribution in [0.25, 0.3) is 22.8 Å². The fourth-order valence-corrected chi connectivity index (χ4v) is 4.17. The molecule has 3 heterocycles. The number of hydrogen-bond acceptors (Lipinski definition) is 5. The van der Waals surface area contributed by atoms with E-state index in [2.05, 4.69) is 31.8 Å². The van der Waals surface area contributed by atoms with Gasteiger partial charge >= 0.3 is 6.18 Å². The van der Waals surface area contributed by atoms with E-state index in [0.29, 0.717) is 41.0 Å². The molecule has 4 rings (SSSR count). The lowest BCUT2D eigenvalue weighted by Gasteiger charge is -2.32. The number of halogens is 3. The molecule has 0 saturated carbocycles. The molecule has 1 N–H and O–H groups in total. The van der Waals surface area contributed by atoms with Crippen LogP contribution in [0, 0.1) is 13.8 Å². The molecule has 1 aliphatic rings. The number of aromatic nitrogens is 3. The third-order valence-electron chi connectivity index (χ3n) is 6.34. The van der Waals surface area contributed by atoms with Gasteiger partial charge in [-0.1, -0.05) is 18.2 Å². The molecule has 0 bridgehead atoms. The minimum atomic E-state index is -4.40. The highest BCUT2D eigenvalue weighted by Crippen LogP contribution is 2.33. The standard InChI is InChI=1S/C26H32F3N5O/c1-18-9-10-22(31-25(18)35-16-5-4-11-34-14-12-33(3)13-15-34)24-30-19(2)23(32-24)20-7-6-8-21(17-20)26(27,28)29/h6-10,17H,4-5,11-16H2,1-3H3,(H,30,32). The molecule has 0 unspecified atom stereocenters. The third-order valence-corrected chi connectivity index (χ3v) is 6.34. The second kappa shape index (κ2) is 10.8. The molecule has 6 nitrogen and oxygen atoms in total. The normalized spacial score (nSPS) is 15.5. The van der Waals surface area contributed by atoms with E-state index in [-0.39, 0.29) is 0 Å². The highest BCUT2D eigenvalue weighted by molar-refractivity contribution is 5.67. The number of aryl methyl sites for hydroxylation is 2. The monoisotopic (exact) mass is 487 g/mol. The number of rotatable bonds is 8. The van der Waals surface area contributed by atoms with Gasteiger partial charge in [0.15, 0.2) is 5.82 Å². The molecule has 1 aliphatic heterocycles. The van der Waals surface area contributed by atoms with Crippen molar-refractivity contribution in [1.82, 2.24) is 24.8 Å². The summed E-state index contributed by atoms with van der Waals surface area (Å²) < 4.78 is 45.4. The van der Waals surface area contributed by atoms with Crippen molar-refractivity contribution < 1.29 is 17.9 Å². The Labute approximate surface area is 204 Å². The van der Waals surface area contributed by atoms with Crippen LogP contribution in [-0.4, -0.2) is 71.1 Å². The van der Waals surface area contributed by atoms with Crippen LogP contribution in [0.2, 0.25) is 0 Å². The predicted molar refractivity (Wildman–Crippen MR) is 130 cm³/mol. The quantitative estimate of drug-likeness (QED) is 0.444. The topological polar surface area (TPSA) is 57.3 Å². The van der Waals surface area contributed by atoms with E-state index in [1.54, 1.807) is 13.0 Å². The summed E-state index contributed by atoms with van der Waals surface area (Å²) in [6.45, 7) is 9.86. The van der Waals surface area contributed by atoms with Gasteiger partial charge in [0, 0.05) is 43.0 Å². The van der Waals surface area contributed by atoms with Crippen molar-refractivity contribution in [3.05, 3.63) is 53.2 Å². The first kappa shape index (κ1) is 25.2. The Bertz CT molecular complexity index is 1140. The number of aromatic amines is 1. The van der Waals surface area contributed by atoms with E-state index in [9.17, 15) is 13.2 Å². The number of nitrogens with one attached hydrogen (secondary N) is 1. The number of piperazine rings is 1. The summed E-state index contributed by atoms with van der Waals surface area (Å²) >= 11 is 0. The number of likely N-dealkylation sites (N-methyl/N-ethyl adjacent to an activating group) is 1. The zero-order chi connectivity index (χ0) is 25.0. The first-order valence-corrected chi connectivity index (χ1v) is 12.0. The molecule has 9 heteroatoms. The van der Waals surface area contributed by atoms with Crippen molar-refractivity contribution in [3.63, 3.8) is 0 Å². The van der Waals surface area contributed by atoms with E-state index in [1.165, 1.54) is 6.07 Å². The molecule has 35 heavy (non-hydrogen) atoms. The van der Waals surface area contributed by atoms with Gasteiger partial charge in [0.25, 0.3) is 0 Å². The van der Waals surface area contributed by atoms with Gasteiger partial charge in [-0.25, -0.2) is 9.97 Å². The fourth-order valence-electron chi connectivity index (χ4n) is 4.17. The largest absolute Gasteiger partial charge is 0.477 e. The van der Waals surface area contributed by atoms with Crippen LogP contribution in [0.15, 0.2) is 36.4 Å². The third kappa shape index (κ3) is 6.41. The van der Waals surface area contributed by atoms with Gasteiger partial charge in [0.1, 0.15) is 5.69 Å². The zero-order valence-corrected chi connectivity index (χ0v) is 20.5. The Kier molecular flexibility index (Phi) is 7.76. The highest BCUT2D eigenvalue weighted by atomic mass is 19.4. The minimum absolute atomic E-state index is 0.406. The smallest absolute Gasteiger partial charge is 0.416 e. The lowest BCUT2D eigenvalue weighted by atomic mass is 10.1. The summed E-state index contributed by atoms with van der Waals surface area (Å²) in [5.41, 5.74) is 2.37. The van der Waals surface area contributed by atoms with Crippen LogP contribution >= 0.6 is 0 Å². The Morgan fingerprint density at radius 2 is 1.77 bits per heavy atom. The van der Waals surface area contributed by atoms with Crippen molar-refractivity contribution in [3.8, 4) is 28.7 Å². The van der Waals surface area contributed by atoms with E-state index in [1.807, 2.05) is 19.1 Å². The summed E-state index contributed by atoms with van der Waals surface area (Å²) in [5.74, 6) is 1.05. The number of hydrogen-bond donors (Lipinski definition) is 1. The number of H-pyrrole nitrogens is 1. The molecule has 188 valence electrons. The first-order chi connectivity index (χ1) is 16.7. The lowest BCUT2D eigenvalue weighted by molar-refractivity contribution is -0.137. The Balaban J connectivity index is 1.40. The Morgan fingerprint density at radius 3 is 2.51 bits per heavy atom. The van der Waals surface area contributed by atoms with Gasteiger partial charge < -0.3 is 19.5 Å². The highest BCUT2D eigenvalue weighted by Gasteiger charge is 2.30. The molecule has 2 aromatic heterocycles. The molecule has 0 spiro atoms.